The number of carbonyl (C=O) groups is 3. The lowest BCUT2D eigenvalue weighted by Gasteiger charge is -2.01. The molecule has 0 aliphatic rings. The van der Waals surface area contributed by atoms with Crippen molar-refractivity contribution in [3.8, 4) is 6.19 Å². The van der Waals surface area contributed by atoms with Gasteiger partial charge in [0.1, 0.15) is 29.4 Å². The zero-order valence-electron chi connectivity index (χ0n) is 29.6. The normalized spacial score (nSPS) is 8.38. The van der Waals surface area contributed by atoms with Crippen LogP contribution in [0.2, 0.25) is 0 Å². The van der Waals surface area contributed by atoms with E-state index < -0.39 is 35.1 Å². The Bertz CT molecular complexity index is 1770. The van der Waals surface area contributed by atoms with Crippen LogP contribution in [-0.2, 0) is 4.79 Å². The van der Waals surface area contributed by atoms with E-state index >= 15 is 0 Å². The highest BCUT2D eigenvalue weighted by Gasteiger charge is 1.95. The molecule has 0 saturated carbocycles. The van der Waals surface area contributed by atoms with Gasteiger partial charge in [0.25, 0.3) is 0 Å². The molecule has 20 N–H and O–H groups in total. The number of primary amides is 1. The van der Waals surface area contributed by atoms with Gasteiger partial charge < -0.3 is 60.7 Å². The number of aromatic nitrogens is 12. The molecule has 0 atom stereocenters. The number of nitrogens with two attached hydrogens (primary N) is 7. The van der Waals surface area contributed by atoms with Gasteiger partial charge in [0.15, 0.2) is 6.19 Å². The lowest BCUT2D eigenvalue weighted by molar-refractivity contribution is -0.249. The predicted octanol–water partition coefficient (Wildman–Crippen LogP) is -5.62. The van der Waals surface area contributed by atoms with E-state index in [2.05, 4.69) is 72.5 Å². The zero-order chi connectivity index (χ0) is 42.6. The second-order valence-electron chi connectivity index (χ2n) is 8.72. The molecule has 30 nitrogen and oxygen atoms in total. The maximum atomic E-state index is 10.4. The minimum absolute atomic E-state index is 0. The Kier molecular flexibility index (Phi) is 28.3. The molecule has 0 aliphatic heterocycles. The second kappa shape index (κ2) is 29.2. The number of nitriles is 1. The van der Waals surface area contributed by atoms with Crippen LogP contribution < -0.4 is 78.3 Å². The van der Waals surface area contributed by atoms with Crippen LogP contribution in [0.3, 0.4) is 0 Å². The van der Waals surface area contributed by atoms with Crippen LogP contribution >= 0.6 is 0 Å². The van der Waals surface area contributed by atoms with Gasteiger partial charge in [-0.15, -0.1) is 0 Å². The van der Waals surface area contributed by atoms with Gasteiger partial charge in [-0.05, 0) is 27.7 Å². The first kappa shape index (κ1) is 53.3. The number of urea groups is 1. The number of nitrogens with zero attached hydrogens (tertiary/aromatic N) is 10. The van der Waals surface area contributed by atoms with Gasteiger partial charge in [0.2, 0.25) is 35.6 Å². The van der Waals surface area contributed by atoms with Gasteiger partial charge >= 0.3 is 23.1 Å². The van der Waals surface area contributed by atoms with Crippen molar-refractivity contribution in [2.24, 2.45) is 11.5 Å². The minimum Gasteiger partial charge on any atom is -0.530 e. The number of nitrogens with one attached hydrogen (secondary N) is 6. The molecule has 4 heterocycles. The van der Waals surface area contributed by atoms with Gasteiger partial charge in [0.05, 0.1) is 5.82 Å². The topological polar surface area (TPSA) is 531 Å². The number of nitrogen functional groups attached to an aromatic ring is 5. The standard InChI is InChI=1S/2C4H7N5.C4H6N4O.C4H5N3O2.2C3H6N2O2.C2H4N2.CH4/c2*1-2-7-3(5)9-4(6)8-2;1-2-6-3(5)8-4(9)7-2;1-2-5-3(8)7-4(9)6-2;1-2(6)5-3(4)7;1-2(4)5-3(6)7;1-4-2-3;/h2*1H3,(H4,5,6,7,8,9);1H3,(H3,5,6,7,8,9);1H3,(H2,5,6,7,8,9);1H3,(H3,4,5,6,7);5H,1,4H2,(H,6,7);4H,1H3;1H4/p-1. The molecule has 4 amide bonds. The number of aromatic amines is 3. The van der Waals surface area contributed by atoms with Crippen molar-refractivity contribution in [3.05, 3.63) is 67.2 Å². The van der Waals surface area contributed by atoms with Crippen LogP contribution in [0.1, 0.15) is 37.6 Å². The number of aryl methyl sites for hydroxylation is 4. The average molecular weight is 779 g/mol. The molecule has 0 radical (unpaired) electrons. The average Bonchev–Trinajstić information content (AvgIpc) is 2.94. The van der Waals surface area contributed by atoms with Crippen molar-refractivity contribution in [2.45, 2.75) is 42.0 Å². The molecule has 0 fully saturated rings. The highest BCUT2D eigenvalue weighted by atomic mass is 16.4. The molecular formula is C25H44N23O7-. The SMILES string of the molecule is C.C=C(N)NC(=O)[O-].CC(=O)NC(N)=O.CNC#N.Cc1nc(=O)[nH]c(=O)[nH]1.Cc1nc(N)nc(=O)[nH]1.Cc1nc(N)nc(N)n1.Cc1nc(N)nc(N)n1. The van der Waals surface area contributed by atoms with Crippen LogP contribution in [0.5, 0.6) is 0 Å². The highest BCUT2D eigenvalue weighted by molar-refractivity contribution is 5.92. The van der Waals surface area contributed by atoms with Crippen LogP contribution in [0.25, 0.3) is 0 Å². The number of carbonyl (C=O) groups excluding carboxylic acids is 3. The first-order valence-electron chi connectivity index (χ1n) is 13.8. The van der Waals surface area contributed by atoms with E-state index in [4.69, 9.17) is 39.7 Å². The summed E-state index contributed by atoms with van der Waals surface area (Å²) in [5, 5.41) is 22.7. The van der Waals surface area contributed by atoms with Gasteiger partial charge in [-0.25, -0.2) is 24.2 Å². The molecule has 0 bridgehead atoms. The Labute approximate surface area is 311 Å². The molecule has 302 valence electrons. The van der Waals surface area contributed by atoms with Gasteiger partial charge in [-0.3, -0.25) is 25.1 Å². The fraction of sp³-hybridized carbons (Fsp3) is 0.280. The minimum atomic E-state index is -1.44. The van der Waals surface area contributed by atoms with Crippen molar-refractivity contribution in [2.75, 3.05) is 35.7 Å². The van der Waals surface area contributed by atoms with Gasteiger partial charge in [-0.2, -0.15) is 45.1 Å². The van der Waals surface area contributed by atoms with Crippen LogP contribution in [0.15, 0.2) is 26.8 Å². The van der Waals surface area contributed by atoms with Crippen molar-refractivity contribution < 1.29 is 19.5 Å². The van der Waals surface area contributed by atoms with E-state index in [1.165, 1.54) is 13.8 Å². The lowest BCUT2D eigenvalue weighted by atomic mass is 10.7. The van der Waals surface area contributed by atoms with Crippen LogP contribution in [0, 0.1) is 39.1 Å². The summed E-state index contributed by atoms with van der Waals surface area (Å²) in [7, 11) is 1.57. The third-order valence-corrected chi connectivity index (χ3v) is 3.81. The van der Waals surface area contributed by atoms with Gasteiger partial charge in [0, 0.05) is 14.0 Å². The summed E-state index contributed by atoms with van der Waals surface area (Å²) in [4.78, 5) is 99.0. The summed E-state index contributed by atoms with van der Waals surface area (Å²) in [6, 6.07) is -0.812. The summed E-state index contributed by atoms with van der Waals surface area (Å²) in [6.07, 6.45) is 0.243. The van der Waals surface area contributed by atoms with Crippen molar-refractivity contribution in [1.29, 1.82) is 5.26 Å². The van der Waals surface area contributed by atoms with Crippen LogP contribution in [0.4, 0.5) is 39.3 Å². The molecule has 55 heavy (non-hydrogen) atoms. The monoisotopic (exact) mass is 778 g/mol. The Morgan fingerprint density at radius 2 is 1.04 bits per heavy atom. The molecule has 4 rings (SSSR count). The fourth-order valence-electron chi connectivity index (χ4n) is 2.36. The Balaban J connectivity index is -0.000000278. The molecule has 0 spiro atoms. The molecule has 0 aromatic carbocycles. The number of anilines is 5. The molecule has 30 heteroatoms. The number of hydrogen-bond donors (Lipinski definition) is 13. The number of carboxylic acid groups (broad SMARTS) is 1. The Morgan fingerprint density at radius 3 is 1.24 bits per heavy atom. The quantitative estimate of drug-likeness (QED) is 0.0632. The lowest BCUT2D eigenvalue weighted by Crippen LogP contribution is -2.37. The van der Waals surface area contributed by atoms with E-state index in [0.29, 0.717) is 23.3 Å². The smallest absolute Gasteiger partial charge is 0.350 e. The third kappa shape index (κ3) is 36.6. The van der Waals surface area contributed by atoms with E-state index in [1.807, 2.05) is 4.98 Å². The maximum Gasteiger partial charge on any atom is 0.350 e. The zero-order valence-corrected chi connectivity index (χ0v) is 29.6. The first-order valence-corrected chi connectivity index (χ1v) is 13.8. The summed E-state index contributed by atoms with van der Waals surface area (Å²) < 4.78 is 0. The fourth-order valence-corrected chi connectivity index (χ4v) is 2.36. The largest absolute Gasteiger partial charge is 0.530 e. The van der Waals surface area contributed by atoms with E-state index in [0.717, 1.165) is 0 Å². The van der Waals surface area contributed by atoms with Crippen molar-refractivity contribution in [3.63, 3.8) is 0 Å². The maximum absolute atomic E-state index is 10.4. The number of H-pyrrole nitrogens is 3. The summed E-state index contributed by atoms with van der Waals surface area (Å²) in [6.45, 7) is 10.8. The molecular weight excluding hydrogens is 734 g/mol. The van der Waals surface area contributed by atoms with Crippen LogP contribution in [-0.4, -0.2) is 84.9 Å². The highest BCUT2D eigenvalue weighted by Crippen LogP contribution is 1.95. The molecule has 0 saturated heterocycles. The number of imide groups is 1. The third-order valence-electron chi connectivity index (χ3n) is 3.81. The summed E-state index contributed by atoms with van der Waals surface area (Å²) in [5.74, 6) is 2.00. The van der Waals surface area contributed by atoms with E-state index in [-0.39, 0.29) is 43.0 Å². The molecule has 4 aromatic heterocycles. The molecule has 4 aromatic rings. The Morgan fingerprint density at radius 1 is 0.673 bits per heavy atom. The molecule has 0 aliphatic carbocycles. The predicted molar refractivity (Wildman–Crippen MR) is 195 cm³/mol. The van der Waals surface area contributed by atoms with Crippen molar-refractivity contribution >= 4 is 47.8 Å². The summed E-state index contributed by atoms with van der Waals surface area (Å²) in [5.41, 5.74) is 33.7. The Hall–Kier alpha value is -8.52. The number of amides is 4. The number of rotatable bonds is 1. The second-order valence-corrected chi connectivity index (χ2v) is 8.72. The van der Waals surface area contributed by atoms with Gasteiger partial charge in [-0.1, -0.05) is 14.0 Å². The summed E-state index contributed by atoms with van der Waals surface area (Å²) >= 11 is 0. The van der Waals surface area contributed by atoms with E-state index in [9.17, 15) is 33.9 Å². The van der Waals surface area contributed by atoms with E-state index in [1.54, 1.807) is 44.6 Å². The first-order chi connectivity index (χ1) is 24.9. The molecule has 0 unspecified atom stereocenters. The number of hydrogen-bond acceptors (Lipinski definition) is 24. The van der Waals surface area contributed by atoms with Crippen molar-refractivity contribution in [1.82, 2.24) is 75.8 Å².